The first-order chi connectivity index (χ1) is 17.2. The zero-order chi connectivity index (χ0) is 23.6. The van der Waals surface area contributed by atoms with Gasteiger partial charge in [-0.25, -0.2) is 0 Å². The van der Waals surface area contributed by atoms with Gasteiger partial charge in [0.05, 0.1) is 0 Å². The zero-order valence-electron chi connectivity index (χ0n) is 21.3. The summed E-state index contributed by atoms with van der Waals surface area (Å²) in [7, 11) is 0. The van der Waals surface area contributed by atoms with Crippen LogP contribution in [-0.4, -0.2) is 0 Å². The fourth-order valence-corrected chi connectivity index (χ4v) is 25.0. The van der Waals surface area contributed by atoms with Gasteiger partial charge in [0, 0.05) is 0 Å². The summed E-state index contributed by atoms with van der Waals surface area (Å²) in [5.41, 5.74) is 14.9. The number of hydrogen-bond donors (Lipinski definition) is 0. The Kier molecular flexibility index (Phi) is 7.27. The fraction of sp³-hybridized carbons (Fsp3) is 0.176. The molecule has 4 aromatic rings. The second-order valence-corrected chi connectivity index (χ2v) is 22.1. The Labute approximate surface area is 237 Å². The molecule has 0 nitrogen and oxygen atoms in total. The van der Waals surface area contributed by atoms with Crippen LogP contribution in [-0.2, 0) is 20.3 Å². The quantitative estimate of drug-likeness (QED) is 0.218. The molecule has 1 aliphatic heterocycles. The number of allylic oxidation sites excluding steroid dienone is 2. The molecule has 186 valence electrons. The molecule has 1 fully saturated rings. The summed E-state index contributed by atoms with van der Waals surface area (Å²) in [6.07, 6.45) is 5.07. The molecule has 3 aliphatic rings. The van der Waals surface area contributed by atoms with E-state index in [1.165, 1.54) is 41.6 Å². The average molecular weight is 603 g/mol. The molecule has 0 N–H and O–H groups in total. The second-order valence-electron chi connectivity index (χ2n) is 10.7. The van der Waals surface area contributed by atoms with Crippen LogP contribution in [0.5, 0.6) is 0 Å². The number of fused-ring (bicyclic) bond motifs is 2. The molecule has 1 saturated heterocycles. The Balaban J connectivity index is 0.00000140. The second kappa shape index (κ2) is 10.2. The van der Waals surface area contributed by atoms with E-state index >= 15 is 0 Å². The standard InChI is InChI=1S/2C16H13.C2H4.2ClH.Zr/c2*1-12-10-14-8-5-9-15(16(14)11-12)13-6-3-2-4-7-13;1-2;;;/h2*2-11H,1H3;1-2H2;2*1H;. The Morgan fingerprint density at radius 3 is 1.30 bits per heavy atom. The Bertz CT molecular complexity index is 1400. The van der Waals surface area contributed by atoms with Crippen molar-refractivity contribution < 1.29 is 20.3 Å². The van der Waals surface area contributed by atoms with E-state index in [0.29, 0.717) is 7.25 Å². The van der Waals surface area contributed by atoms with Crippen LogP contribution in [0.1, 0.15) is 43.4 Å². The normalized spacial score (nSPS) is 20.1. The summed E-state index contributed by atoms with van der Waals surface area (Å²) in [5.74, 6) is 0. The van der Waals surface area contributed by atoms with Crippen LogP contribution in [0.4, 0.5) is 0 Å². The van der Waals surface area contributed by atoms with Crippen molar-refractivity contribution in [2.45, 2.75) is 29.4 Å². The van der Waals surface area contributed by atoms with E-state index in [2.05, 4.69) is 123 Å². The van der Waals surface area contributed by atoms with Gasteiger partial charge in [-0.05, 0) is 0 Å². The van der Waals surface area contributed by atoms with Crippen molar-refractivity contribution in [3.63, 3.8) is 0 Å². The number of hydrogen-bond acceptors (Lipinski definition) is 0. The Morgan fingerprint density at radius 1 is 0.514 bits per heavy atom. The van der Waals surface area contributed by atoms with E-state index in [9.17, 15) is 0 Å². The molecule has 7 rings (SSSR count). The molecule has 3 heteroatoms. The predicted octanol–water partition coefficient (Wildman–Crippen LogP) is 10.5. The third kappa shape index (κ3) is 4.15. The zero-order valence-corrected chi connectivity index (χ0v) is 25.4. The maximum atomic E-state index is 2.54. The van der Waals surface area contributed by atoms with Crippen LogP contribution >= 0.6 is 24.8 Å². The van der Waals surface area contributed by atoms with Crippen molar-refractivity contribution in [1.82, 2.24) is 0 Å². The fourth-order valence-electron chi connectivity index (χ4n) is 7.26. The van der Waals surface area contributed by atoms with Crippen molar-refractivity contribution in [2.75, 3.05) is 0 Å². The van der Waals surface area contributed by atoms with Crippen molar-refractivity contribution in [3.05, 3.63) is 130 Å². The number of halogens is 2. The predicted molar refractivity (Wildman–Crippen MR) is 161 cm³/mol. The van der Waals surface area contributed by atoms with Crippen molar-refractivity contribution in [1.29, 1.82) is 0 Å². The van der Waals surface area contributed by atoms with Crippen LogP contribution < -0.4 is 0 Å². The Hall–Kier alpha value is -2.18. The van der Waals surface area contributed by atoms with Crippen LogP contribution in [0.2, 0.25) is 8.26 Å². The summed E-state index contributed by atoms with van der Waals surface area (Å²) >= 11 is -2.56. The molecule has 0 saturated carbocycles. The molecule has 2 unspecified atom stereocenters. The molecule has 4 aromatic carbocycles. The van der Waals surface area contributed by atoms with Crippen LogP contribution in [0.3, 0.4) is 0 Å². The first kappa shape index (κ1) is 26.4. The first-order valence-corrected chi connectivity index (χ1v) is 19.2. The molecule has 37 heavy (non-hydrogen) atoms. The smallest absolute Gasteiger partial charge is 0.147 e. The molecule has 0 radical (unpaired) electrons. The minimum atomic E-state index is -2.56. The molecule has 2 aliphatic carbocycles. The summed E-state index contributed by atoms with van der Waals surface area (Å²) in [6, 6.07) is 36.0. The topological polar surface area (TPSA) is 0 Å². The summed E-state index contributed by atoms with van der Waals surface area (Å²) in [4.78, 5) is 0. The van der Waals surface area contributed by atoms with Gasteiger partial charge in [-0.1, -0.05) is 0 Å². The molecular weight excluding hydrogens is 571 g/mol. The largest absolute Gasteiger partial charge is 0.147 e. The first-order valence-electron chi connectivity index (χ1n) is 12.9. The van der Waals surface area contributed by atoms with Crippen molar-refractivity contribution in [3.8, 4) is 22.3 Å². The summed E-state index contributed by atoms with van der Waals surface area (Å²) in [6.45, 7) is 4.84. The maximum Gasteiger partial charge on any atom is -0.147 e. The van der Waals surface area contributed by atoms with E-state index in [0.717, 1.165) is 0 Å². The third-order valence-electron chi connectivity index (χ3n) is 8.70. The van der Waals surface area contributed by atoms with Crippen molar-refractivity contribution >= 4 is 37.0 Å². The van der Waals surface area contributed by atoms with Crippen LogP contribution in [0, 0.1) is 0 Å². The summed E-state index contributed by atoms with van der Waals surface area (Å²) < 4.78 is 4.40. The molecular formula is C34H32Cl2Zr. The van der Waals surface area contributed by atoms with E-state index in [1.54, 1.807) is 22.3 Å². The molecule has 2 atom stereocenters. The molecule has 0 amide bonds. The summed E-state index contributed by atoms with van der Waals surface area (Å²) in [5, 5.41) is 0. The van der Waals surface area contributed by atoms with E-state index in [4.69, 9.17) is 0 Å². The number of benzene rings is 4. The minimum absolute atomic E-state index is 0. The molecule has 0 aromatic heterocycles. The van der Waals surface area contributed by atoms with E-state index in [-0.39, 0.29) is 24.8 Å². The van der Waals surface area contributed by atoms with Gasteiger partial charge in [-0.3, -0.25) is 0 Å². The van der Waals surface area contributed by atoms with E-state index < -0.39 is 20.3 Å². The van der Waals surface area contributed by atoms with Gasteiger partial charge < -0.3 is 0 Å². The van der Waals surface area contributed by atoms with Crippen molar-refractivity contribution in [2.24, 2.45) is 0 Å². The number of rotatable bonds is 4. The van der Waals surface area contributed by atoms with Gasteiger partial charge in [0.2, 0.25) is 0 Å². The third-order valence-corrected chi connectivity index (χ3v) is 22.2. The molecule has 0 bridgehead atoms. The Morgan fingerprint density at radius 2 is 0.919 bits per heavy atom. The maximum absolute atomic E-state index is 2.56. The molecule has 1 heterocycles. The SMILES string of the molecule is CC1=Cc2c(-c3ccccc3)cccc2[CH]1[Zr]1([CH]2C(C)=Cc3c(-c4ccccc4)cccc32)[CH2][CH2]1.Cl.Cl. The minimum Gasteiger partial charge on any atom is -0.147 e. The van der Waals surface area contributed by atoms with Gasteiger partial charge in [-0.2, -0.15) is 0 Å². The van der Waals surface area contributed by atoms with Gasteiger partial charge in [-0.15, -0.1) is 24.8 Å². The van der Waals surface area contributed by atoms with Gasteiger partial charge in [0.15, 0.2) is 0 Å². The van der Waals surface area contributed by atoms with Crippen LogP contribution in [0.15, 0.2) is 108 Å². The average Bonchev–Trinajstić information content (AvgIpc) is 3.47. The molecule has 0 spiro atoms. The van der Waals surface area contributed by atoms with Gasteiger partial charge >= 0.3 is 214 Å². The monoisotopic (exact) mass is 600 g/mol. The van der Waals surface area contributed by atoms with Gasteiger partial charge in [0.25, 0.3) is 0 Å². The van der Waals surface area contributed by atoms with Crippen LogP contribution in [0.25, 0.3) is 34.4 Å². The van der Waals surface area contributed by atoms with Gasteiger partial charge in [0.1, 0.15) is 0 Å². The van der Waals surface area contributed by atoms with E-state index in [1.807, 2.05) is 0 Å².